The lowest BCUT2D eigenvalue weighted by Crippen LogP contribution is -2.10. The minimum atomic E-state index is 0.905. The zero-order valence-electron chi connectivity index (χ0n) is 25.0. The van der Waals surface area contributed by atoms with Gasteiger partial charge in [-0.3, -0.25) is 0 Å². The summed E-state index contributed by atoms with van der Waals surface area (Å²) in [5, 5.41) is 3.65. The molecule has 2 heteroatoms. The van der Waals surface area contributed by atoms with Crippen LogP contribution < -0.4 is 4.90 Å². The predicted molar refractivity (Wildman–Crippen MR) is 189 cm³/mol. The van der Waals surface area contributed by atoms with E-state index in [4.69, 9.17) is 4.42 Å². The van der Waals surface area contributed by atoms with Gasteiger partial charge in [0.15, 0.2) is 0 Å². The Morgan fingerprint density at radius 1 is 0.422 bits per heavy atom. The summed E-state index contributed by atoms with van der Waals surface area (Å²) in [6, 6.07) is 60.3. The summed E-state index contributed by atoms with van der Waals surface area (Å²) < 4.78 is 6.39. The van der Waals surface area contributed by atoms with E-state index in [1.165, 1.54) is 33.0 Å². The lowest BCUT2D eigenvalue weighted by molar-refractivity contribution is 0.629. The number of furan rings is 1. The molecule has 0 aliphatic carbocycles. The van der Waals surface area contributed by atoms with Crippen LogP contribution in [0.15, 0.2) is 174 Å². The first-order chi connectivity index (χ1) is 22.2. The molecular weight excluding hydrogens is 546 g/mol. The summed E-state index contributed by atoms with van der Waals surface area (Å²) in [4.78, 5) is 2.33. The first-order valence-corrected chi connectivity index (χ1v) is 15.4. The van der Waals surface area contributed by atoms with Crippen LogP contribution in [0.25, 0.3) is 55.3 Å². The van der Waals surface area contributed by atoms with E-state index in [2.05, 4.69) is 170 Å². The zero-order chi connectivity index (χ0) is 30.2. The van der Waals surface area contributed by atoms with E-state index < -0.39 is 0 Å². The number of nitrogens with zero attached hydrogens (tertiary/aromatic N) is 1. The lowest BCUT2D eigenvalue weighted by Gasteiger charge is -2.26. The molecule has 0 saturated carbocycles. The quantitative estimate of drug-likeness (QED) is 0.195. The molecule has 7 aromatic carbocycles. The van der Waals surface area contributed by atoms with Crippen molar-refractivity contribution in [2.24, 2.45) is 0 Å². The Hall–Kier alpha value is -5.86. The van der Waals surface area contributed by atoms with Gasteiger partial charge in [0.1, 0.15) is 11.3 Å². The number of hydrogen-bond acceptors (Lipinski definition) is 2. The smallest absolute Gasteiger partial charge is 0.138 e. The molecule has 1 aromatic heterocycles. The Balaban J connectivity index is 1.26. The van der Waals surface area contributed by atoms with Crippen molar-refractivity contribution in [1.82, 2.24) is 0 Å². The molecule has 1 heterocycles. The largest absolute Gasteiger partial charge is 0.456 e. The normalized spacial score (nSPS) is 11.2. The van der Waals surface area contributed by atoms with Gasteiger partial charge < -0.3 is 9.32 Å². The van der Waals surface area contributed by atoms with E-state index in [-0.39, 0.29) is 0 Å². The van der Waals surface area contributed by atoms with Crippen molar-refractivity contribution >= 4 is 38.8 Å². The van der Waals surface area contributed by atoms with E-state index >= 15 is 0 Å². The Morgan fingerprint density at radius 3 is 1.80 bits per heavy atom. The van der Waals surface area contributed by atoms with Crippen LogP contribution in [0.1, 0.15) is 5.56 Å². The third-order valence-electron chi connectivity index (χ3n) is 8.65. The van der Waals surface area contributed by atoms with Gasteiger partial charge in [-0.05, 0) is 82.4 Å². The van der Waals surface area contributed by atoms with Gasteiger partial charge in [0.05, 0.1) is 0 Å². The van der Waals surface area contributed by atoms with Gasteiger partial charge in [0.2, 0.25) is 0 Å². The molecule has 0 amide bonds. The van der Waals surface area contributed by atoms with Gasteiger partial charge in [0.25, 0.3) is 0 Å². The van der Waals surface area contributed by atoms with Crippen LogP contribution in [0.2, 0.25) is 0 Å². The van der Waals surface area contributed by atoms with Gasteiger partial charge in [0, 0.05) is 33.6 Å². The molecule has 0 bridgehead atoms. The molecule has 0 radical (unpaired) electrons. The second-order valence-electron chi connectivity index (χ2n) is 11.4. The second kappa shape index (κ2) is 11.3. The highest BCUT2D eigenvalue weighted by atomic mass is 16.3. The molecule has 45 heavy (non-hydrogen) atoms. The van der Waals surface area contributed by atoms with Gasteiger partial charge in [-0.1, -0.05) is 127 Å². The SMILES string of the molecule is Cc1c(-c2cccc(N(c3ccc(-c4cccc5ccccc45)cc3)c3cccc(-c4ccccc4)c3)c2)oc2ccccc12. The number of anilines is 3. The van der Waals surface area contributed by atoms with Crippen LogP contribution in [0, 0.1) is 6.92 Å². The zero-order valence-corrected chi connectivity index (χ0v) is 25.0. The van der Waals surface area contributed by atoms with Crippen molar-refractivity contribution < 1.29 is 4.42 Å². The molecule has 0 aliphatic rings. The molecule has 0 aliphatic heterocycles. The third-order valence-corrected chi connectivity index (χ3v) is 8.65. The first-order valence-electron chi connectivity index (χ1n) is 15.4. The summed E-state index contributed by atoms with van der Waals surface area (Å²) >= 11 is 0. The van der Waals surface area contributed by atoms with Crippen molar-refractivity contribution in [2.75, 3.05) is 4.90 Å². The highest BCUT2D eigenvalue weighted by molar-refractivity contribution is 5.97. The molecule has 0 N–H and O–H groups in total. The molecular formula is C43H31NO. The monoisotopic (exact) mass is 577 g/mol. The maximum atomic E-state index is 6.39. The Morgan fingerprint density at radius 2 is 1.02 bits per heavy atom. The maximum absolute atomic E-state index is 6.39. The maximum Gasteiger partial charge on any atom is 0.138 e. The number of rotatable bonds is 6. The first kappa shape index (κ1) is 26.7. The molecule has 0 unspecified atom stereocenters. The molecule has 0 atom stereocenters. The minimum Gasteiger partial charge on any atom is -0.456 e. The van der Waals surface area contributed by atoms with E-state index in [1.54, 1.807) is 0 Å². The molecule has 2 nitrogen and oxygen atoms in total. The fourth-order valence-electron chi connectivity index (χ4n) is 6.41. The Labute approximate surface area is 263 Å². The highest BCUT2D eigenvalue weighted by Crippen LogP contribution is 2.41. The van der Waals surface area contributed by atoms with Crippen molar-refractivity contribution in [1.29, 1.82) is 0 Å². The molecule has 0 spiro atoms. The second-order valence-corrected chi connectivity index (χ2v) is 11.4. The fraction of sp³-hybridized carbons (Fsp3) is 0.0233. The number of benzene rings is 7. The van der Waals surface area contributed by atoms with Gasteiger partial charge >= 0.3 is 0 Å². The minimum absolute atomic E-state index is 0.905. The van der Waals surface area contributed by atoms with Crippen molar-refractivity contribution in [3.05, 3.63) is 175 Å². The number of para-hydroxylation sites is 1. The highest BCUT2D eigenvalue weighted by Gasteiger charge is 2.17. The van der Waals surface area contributed by atoms with E-state index in [1.807, 2.05) is 12.1 Å². The van der Waals surface area contributed by atoms with Crippen molar-refractivity contribution in [3.63, 3.8) is 0 Å². The summed E-state index contributed by atoms with van der Waals surface area (Å²) in [5.41, 5.74) is 11.2. The molecule has 0 saturated heterocycles. The molecule has 214 valence electrons. The van der Waals surface area contributed by atoms with Crippen LogP contribution in [0.5, 0.6) is 0 Å². The third kappa shape index (κ3) is 4.97. The van der Waals surface area contributed by atoms with Crippen LogP contribution in [0.4, 0.5) is 17.1 Å². The summed E-state index contributed by atoms with van der Waals surface area (Å²) in [5.74, 6) is 0.905. The van der Waals surface area contributed by atoms with Crippen LogP contribution in [-0.4, -0.2) is 0 Å². The summed E-state index contributed by atoms with van der Waals surface area (Å²) in [6.45, 7) is 2.14. The topological polar surface area (TPSA) is 16.4 Å². The standard InChI is InChI=1S/C43H31NO/c1-30-39-20-7-8-23-42(39)45-43(30)35-17-10-19-38(29-35)44(37-18-9-16-34(28-37)31-12-3-2-4-13-31)36-26-24-33(25-27-36)41-22-11-15-32-14-5-6-21-40(32)41/h2-29H,1H3. The average Bonchev–Trinajstić information content (AvgIpc) is 3.45. The van der Waals surface area contributed by atoms with Gasteiger partial charge in [-0.15, -0.1) is 0 Å². The Kier molecular flexibility index (Phi) is 6.73. The lowest BCUT2D eigenvalue weighted by atomic mass is 9.98. The van der Waals surface area contributed by atoms with E-state index in [0.717, 1.165) is 44.9 Å². The van der Waals surface area contributed by atoms with E-state index in [9.17, 15) is 0 Å². The van der Waals surface area contributed by atoms with Crippen LogP contribution in [-0.2, 0) is 0 Å². The van der Waals surface area contributed by atoms with Crippen LogP contribution >= 0.6 is 0 Å². The fourth-order valence-corrected chi connectivity index (χ4v) is 6.41. The summed E-state index contributed by atoms with van der Waals surface area (Å²) in [6.07, 6.45) is 0. The number of hydrogen-bond donors (Lipinski definition) is 0. The predicted octanol–water partition coefficient (Wildman–Crippen LogP) is 12.4. The molecule has 0 fully saturated rings. The number of fused-ring (bicyclic) bond motifs is 2. The van der Waals surface area contributed by atoms with Gasteiger partial charge in [-0.25, -0.2) is 0 Å². The number of aryl methyl sites for hydroxylation is 1. The van der Waals surface area contributed by atoms with Crippen molar-refractivity contribution in [3.8, 4) is 33.6 Å². The van der Waals surface area contributed by atoms with E-state index in [0.29, 0.717) is 0 Å². The average molecular weight is 578 g/mol. The van der Waals surface area contributed by atoms with Crippen LogP contribution in [0.3, 0.4) is 0 Å². The molecule has 8 rings (SSSR count). The molecule has 8 aromatic rings. The summed E-state index contributed by atoms with van der Waals surface area (Å²) in [7, 11) is 0. The van der Waals surface area contributed by atoms with Crippen molar-refractivity contribution in [2.45, 2.75) is 6.92 Å². The Bertz CT molecular complexity index is 2270. The van der Waals surface area contributed by atoms with Gasteiger partial charge in [-0.2, -0.15) is 0 Å².